The molecule has 2 amide bonds. The molecule has 2 aromatic heterocycles. The Labute approximate surface area is 144 Å². The Morgan fingerprint density at radius 1 is 1.54 bits per heavy atom. The van der Waals surface area contributed by atoms with Gasteiger partial charge in [-0.05, 0) is 6.42 Å². The molecule has 0 unspecified atom stereocenters. The molecule has 1 aliphatic heterocycles. The van der Waals surface area contributed by atoms with Crippen LogP contribution >= 0.6 is 11.3 Å². The lowest BCUT2D eigenvalue weighted by Gasteiger charge is -2.27. The highest BCUT2D eigenvalue weighted by molar-refractivity contribution is 7.09. The van der Waals surface area contributed by atoms with Crippen LogP contribution in [0.1, 0.15) is 11.4 Å². The highest BCUT2D eigenvalue weighted by Crippen LogP contribution is 2.24. The van der Waals surface area contributed by atoms with Crippen LogP contribution in [-0.4, -0.2) is 62.9 Å². The maximum absolute atomic E-state index is 13.9. The molecular weight excluding hydrogens is 331 g/mol. The number of thiazole rings is 1. The number of nitrogens with zero attached hydrogens (tertiary/aromatic N) is 5. The fraction of sp³-hybridized carbons (Fsp3) is 0.533. The minimum Gasteiger partial charge on any atom is -0.326 e. The van der Waals surface area contributed by atoms with Gasteiger partial charge in [0.15, 0.2) is 0 Å². The van der Waals surface area contributed by atoms with E-state index in [1.807, 2.05) is 5.38 Å². The van der Waals surface area contributed by atoms with E-state index in [4.69, 9.17) is 0 Å². The summed E-state index contributed by atoms with van der Waals surface area (Å²) in [4.78, 5) is 20.2. The number of urea groups is 1. The molecule has 7 nitrogen and oxygen atoms in total. The summed E-state index contributed by atoms with van der Waals surface area (Å²) in [5, 5.41) is 9.70. The number of aryl methyl sites for hydroxylation is 1. The molecule has 0 aromatic carbocycles. The monoisotopic (exact) mass is 352 g/mol. The van der Waals surface area contributed by atoms with Gasteiger partial charge in [0, 0.05) is 50.9 Å². The standard InChI is InChI=1S/C15H21FN6OS/c1-20(15(23)19-13-3-4-18-21(13)2)9-12-7-11(16)8-22(12)10-14-17-5-6-24-14/h3-6,11-12H,7-10H2,1-2H3,(H,19,23)/t11-,12-/m0/s1. The lowest BCUT2D eigenvalue weighted by molar-refractivity contribution is 0.182. The van der Waals surface area contributed by atoms with Crippen molar-refractivity contribution in [2.45, 2.75) is 25.2 Å². The van der Waals surface area contributed by atoms with Gasteiger partial charge in [-0.1, -0.05) is 0 Å². The van der Waals surface area contributed by atoms with Gasteiger partial charge in [0.05, 0.1) is 12.7 Å². The molecule has 3 heterocycles. The molecule has 2 aromatic rings. The average Bonchev–Trinajstić information content (AvgIpc) is 3.24. The fourth-order valence-electron chi connectivity index (χ4n) is 2.91. The molecule has 9 heteroatoms. The third-order valence-electron chi connectivity index (χ3n) is 4.19. The fourth-order valence-corrected chi connectivity index (χ4v) is 3.55. The van der Waals surface area contributed by atoms with Crippen LogP contribution in [-0.2, 0) is 13.6 Å². The van der Waals surface area contributed by atoms with E-state index in [1.165, 1.54) is 0 Å². The number of halogens is 1. The Morgan fingerprint density at radius 2 is 2.38 bits per heavy atom. The number of likely N-dealkylation sites (N-methyl/N-ethyl adjacent to an activating group) is 1. The van der Waals surface area contributed by atoms with Crippen LogP contribution in [0.2, 0.25) is 0 Å². The maximum atomic E-state index is 13.9. The van der Waals surface area contributed by atoms with Gasteiger partial charge < -0.3 is 4.90 Å². The van der Waals surface area contributed by atoms with Crippen LogP contribution in [0.15, 0.2) is 23.8 Å². The number of carbonyl (C=O) groups excluding carboxylic acids is 1. The minimum absolute atomic E-state index is 0.00816. The van der Waals surface area contributed by atoms with Gasteiger partial charge in [-0.3, -0.25) is 14.9 Å². The van der Waals surface area contributed by atoms with Gasteiger partial charge in [-0.2, -0.15) is 5.10 Å². The second kappa shape index (κ2) is 7.27. The summed E-state index contributed by atoms with van der Waals surface area (Å²) >= 11 is 1.56. The lowest BCUT2D eigenvalue weighted by Crippen LogP contribution is -2.42. The van der Waals surface area contributed by atoms with E-state index in [0.717, 1.165) is 5.01 Å². The van der Waals surface area contributed by atoms with Gasteiger partial charge >= 0.3 is 6.03 Å². The van der Waals surface area contributed by atoms with E-state index in [-0.39, 0.29) is 12.1 Å². The highest BCUT2D eigenvalue weighted by Gasteiger charge is 2.33. The number of alkyl halides is 1. The number of hydrogen-bond donors (Lipinski definition) is 1. The van der Waals surface area contributed by atoms with E-state index in [2.05, 4.69) is 20.3 Å². The van der Waals surface area contributed by atoms with E-state index in [9.17, 15) is 9.18 Å². The number of amides is 2. The lowest BCUT2D eigenvalue weighted by atomic mass is 10.2. The first-order valence-corrected chi connectivity index (χ1v) is 8.67. The summed E-state index contributed by atoms with van der Waals surface area (Å²) in [7, 11) is 3.48. The van der Waals surface area contributed by atoms with Crippen LogP contribution in [0.5, 0.6) is 0 Å². The molecule has 24 heavy (non-hydrogen) atoms. The maximum Gasteiger partial charge on any atom is 0.322 e. The average molecular weight is 352 g/mol. The van der Waals surface area contributed by atoms with E-state index in [1.54, 1.807) is 53.5 Å². The molecule has 1 N–H and O–H groups in total. The quantitative estimate of drug-likeness (QED) is 0.893. The van der Waals surface area contributed by atoms with Gasteiger partial charge in [0.1, 0.15) is 17.0 Å². The van der Waals surface area contributed by atoms with Crippen molar-refractivity contribution in [1.29, 1.82) is 0 Å². The van der Waals surface area contributed by atoms with Crippen LogP contribution in [0.25, 0.3) is 0 Å². The highest BCUT2D eigenvalue weighted by atomic mass is 32.1. The van der Waals surface area contributed by atoms with Crippen molar-refractivity contribution in [2.24, 2.45) is 7.05 Å². The van der Waals surface area contributed by atoms with E-state index in [0.29, 0.717) is 31.9 Å². The predicted octanol–water partition coefficient (Wildman–Crippen LogP) is 1.95. The minimum atomic E-state index is -0.858. The molecule has 0 spiro atoms. The number of anilines is 1. The van der Waals surface area contributed by atoms with Crippen molar-refractivity contribution in [3.05, 3.63) is 28.8 Å². The Hall–Kier alpha value is -2.00. The van der Waals surface area contributed by atoms with E-state index < -0.39 is 6.17 Å². The topological polar surface area (TPSA) is 66.3 Å². The van der Waals surface area contributed by atoms with Crippen LogP contribution < -0.4 is 5.32 Å². The van der Waals surface area contributed by atoms with Gasteiger partial charge in [0.2, 0.25) is 0 Å². The van der Waals surface area contributed by atoms with Gasteiger partial charge in [-0.25, -0.2) is 14.2 Å². The summed E-state index contributed by atoms with van der Waals surface area (Å²) in [6.07, 6.45) is 2.96. The van der Waals surface area contributed by atoms with Crippen molar-refractivity contribution in [1.82, 2.24) is 24.6 Å². The molecule has 0 aliphatic carbocycles. The molecule has 0 bridgehead atoms. The third kappa shape index (κ3) is 3.90. The van der Waals surface area contributed by atoms with Crippen molar-refractivity contribution in [3.63, 3.8) is 0 Å². The molecule has 0 radical (unpaired) electrons. The summed E-state index contributed by atoms with van der Waals surface area (Å²) < 4.78 is 15.5. The Balaban J connectivity index is 1.58. The number of hydrogen-bond acceptors (Lipinski definition) is 5. The first kappa shape index (κ1) is 16.8. The van der Waals surface area contributed by atoms with Crippen molar-refractivity contribution in [2.75, 3.05) is 25.5 Å². The summed E-state index contributed by atoms with van der Waals surface area (Å²) in [6, 6.07) is 1.49. The Morgan fingerprint density at radius 3 is 3.04 bits per heavy atom. The Bertz CT molecular complexity index is 675. The first-order valence-electron chi connectivity index (χ1n) is 7.79. The van der Waals surface area contributed by atoms with Crippen molar-refractivity contribution < 1.29 is 9.18 Å². The molecule has 0 saturated carbocycles. The molecule has 130 valence electrons. The number of likely N-dealkylation sites (tertiary alicyclic amines) is 1. The molecule has 1 fully saturated rings. The zero-order valence-corrected chi connectivity index (χ0v) is 14.5. The number of aromatic nitrogens is 3. The van der Waals surface area contributed by atoms with E-state index >= 15 is 0 Å². The van der Waals surface area contributed by atoms with Crippen molar-refractivity contribution >= 4 is 23.2 Å². The summed E-state index contributed by atoms with van der Waals surface area (Å²) in [5.74, 6) is 0.626. The van der Waals surface area contributed by atoms with Crippen molar-refractivity contribution in [3.8, 4) is 0 Å². The Kier molecular flexibility index (Phi) is 5.10. The molecule has 2 atom stereocenters. The zero-order valence-electron chi connectivity index (χ0n) is 13.7. The number of nitrogens with one attached hydrogen (secondary N) is 1. The molecule has 1 aliphatic rings. The predicted molar refractivity (Wildman–Crippen MR) is 90.7 cm³/mol. The summed E-state index contributed by atoms with van der Waals surface area (Å²) in [6.45, 7) is 1.48. The second-order valence-electron chi connectivity index (χ2n) is 5.99. The molecule has 1 saturated heterocycles. The largest absolute Gasteiger partial charge is 0.326 e. The normalized spacial score (nSPS) is 21.1. The number of rotatable bonds is 5. The first-order chi connectivity index (χ1) is 11.5. The smallest absolute Gasteiger partial charge is 0.322 e. The van der Waals surface area contributed by atoms with Crippen LogP contribution in [0, 0.1) is 0 Å². The van der Waals surface area contributed by atoms with Crippen LogP contribution in [0.4, 0.5) is 15.0 Å². The second-order valence-corrected chi connectivity index (χ2v) is 6.97. The summed E-state index contributed by atoms with van der Waals surface area (Å²) in [5.41, 5.74) is 0. The van der Waals surface area contributed by atoms with Crippen LogP contribution in [0.3, 0.4) is 0 Å². The third-order valence-corrected chi connectivity index (χ3v) is 4.95. The zero-order chi connectivity index (χ0) is 17.1. The number of carbonyl (C=O) groups is 1. The SMILES string of the molecule is CN(C[C@@H]1C[C@H](F)CN1Cc1nccs1)C(=O)Nc1ccnn1C. The van der Waals surface area contributed by atoms with Gasteiger partial charge in [-0.15, -0.1) is 11.3 Å². The molecular formula is C15H21FN6OS. The van der Waals surface area contributed by atoms with Gasteiger partial charge in [0.25, 0.3) is 0 Å². The molecule has 3 rings (SSSR count).